The van der Waals surface area contributed by atoms with E-state index in [9.17, 15) is 22.8 Å². The third kappa shape index (κ3) is 4.52. The van der Waals surface area contributed by atoms with E-state index in [-0.39, 0.29) is 11.4 Å². The first kappa shape index (κ1) is 17.1. The molecule has 5 nitrogen and oxygen atoms in total. The molecule has 9 heteroatoms. The number of benzene rings is 1. The highest BCUT2D eigenvalue weighted by Gasteiger charge is 2.35. The van der Waals surface area contributed by atoms with E-state index < -0.39 is 35.5 Å². The molecule has 0 saturated carbocycles. The lowest BCUT2D eigenvalue weighted by molar-refractivity contribution is -0.139. The van der Waals surface area contributed by atoms with Gasteiger partial charge in [-0.05, 0) is 18.6 Å². The van der Waals surface area contributed by atoms with Gasteiger partial charge in [-0.3, -0.25) is 0 Å². The molecule has 3 N–H and O–H groups in total. The number of para-hydroxylation sites is 1. The fourth-order valence-corrected chi connectivity index (χ4v) is 1.76. The van der Waals surface area contributed by atoms with Gasteiger partial charge in [0, 0.05) is 0 Å². The Hall–Kier alpha value is -1.96. The van der Waals surface area contributed by atoms with Crippen LogP contribution >= 0.6 is 11.6 Å². The molecule has 116 valence electrons. The standard InChI is InChI=1S/C12H12ClF3N2O3/c1-2-8(10(19)20)17-11(21)18-9-6(12(14,15)16)4-3-5-7(9)13/h3-5,8H,2H2,1H3,(H,19,20)(H2,17,18,21). The molecule has 0 heterocycles. The summed E-state index contributed by atoms with van der Waals surface area (Å²) >= 11 is 5.65. The molecular weight excluding hydrogens is 313 g/mol. The molecule has 1 unspecified atom stereocenters. The second kappa shape index (κ2) is 6.66. The zero-order valence-electron chi connectivity index (χ0n) is 10.8. The van der Waals surface area contributed by atoms with E-state index in [1.54, 1.807) is 0 Å². The highest BCUT2D eigenvalue weighted by atomic mass is 35.5. The lowest BCUT2D eigenvalue weighted by Gasteiger charge is -2.17. The summed E-state index contributed by atoms with van der Waals surface area (Å²) in [6.45, 7) is 1.51. The zero-order valence-corrected chi connectivity index (χ0v) is 11.5. The molecule has 1 atom stereocenters. The van der Waals surface area contributed by atoms with Gasteiger partial charge in [0.05, 0.1) is 16.3 Å². The number of alkyl halides is 3. The van der Waals surface area contributed by atoms with Crippen molar-refractivity contribution in [3.8, 4) is 0 Å². The lowest BCUT2D eigenvalue weighted by Crippen LogP contribution is -2.42. The van der Waals surface area contributed by atoms with Gasteiger partial charge in [0.25, 0.3) is 0 Å². The number of rotatable bonds is 4. The van der Waals surface area contributed by atoms with E-state index in [0.717, 1.165) is 12.1 Å². The fourth-order valence-electron chi connectivity index (χ4n) is 1.53. The Kier molecular flexibility index (Phi) is 5.42. The van der Waals surface area contributed by atoms with Crippen molar-refractivity contribution in [2.75, 3.05) is 5.32 Å². The molecule has 0 aliphatic heterocycles. The van der Waals surface area contributed by atoms with Gasteiger partial charge in [-0.1, -0.05) is 24.6 Å². The van der Waals surface area contributed by atoms with Crippen LogP contribution in [-0.4, -0.2) is 23.1 Å². The van der Waals surface area contributed by atoms with Crippen LogP contribution in [0.5, 0.6) is 0 Å². The molecule has 1 aromatic rings. The quantitative estimate of drug-likeness (QED) is 0.794. The fraction of sp³-hybridized carbons (Fsp3) is 0.333. The van der Waals surface area contributed by atoms with Gasteiger partial charge in [0.2, 0.25) is 0 Å². The number of anilines is 1. The van der Waals surface area contributed by atoms with Gasteiger partial charge in [0.1, 0.15) is 6.04 Å². The van der Waals surface area contributed by atoms with Crippen molar-refractivity contribution in [3.05, 3.63) is 28.8 Å². The number of nitrogens with one attached hydrogen (secondary N) is 2. The second-order valence-electron chi connectivity index (χ2n) is 4.06. The first-order valence-corrected chi connectivity index (χ1v) is 6.20. The van der Waals surface area contributed by atoms with Gasteiger partial charge < -0.3 is 15.7 Å². The molecule has 0 spiro atoms. The molecule has 0 aromatic heterocycles. The number of amides is 2. The Morgan fingerprint density at radius 3 is 2.48 bits per heavy atom. The van der Waals surface area contributed by atoms with E-state index in [1.807, 2.05) is 10.6 Å². The predicted octanol–water partition coefficient (Wildman–Crippen LogP) is 3.34. The molecule has 0 aliphatic rings. The summed E-state index contributed by atoms with van der Waals surface area (Å²) < 4.78 is 38.4. The Bertz CT molecular complexity index is 549. The maximum absolute atomic E-state index is 12.8. The first-order valence-electron chi connectivity index (χ1n) is 5.82. The Labute approximate surface area is 123 Å². The van der Waals surface area contributed by atoms with Crippen molar-refractivity contribution in [3.63, 3.8) is 0 Å². The number of hydrogen-bond acceptors (Lipinski definition) is 2. The molecule has 0 radical (unpaired) electrons. The van der Waals surface area contributed by atoms with Crippen LogP contribution in [0.4, 0.5) is 23.7 Å². The molecule has 2 amide bonds. The SMILES string of the molecule is CCC(NC(=O)Nc1c(Cl)cccc1C(F)(F)F)C(=O)O. The monoisotopic (exact) mass is 324 g/mol. The third-order valence-electron chi connectivity index (χ3n) is 2.57. The number of halogens is 4. The van der Waals surface area contributed by atoms with Crippen LogP contribution in [0.15, 0.2) is 18.2 Å². The maximum atomic E-state index is 12.8. The normalized spacial score (nSPS) is 12.6. The second-order valence-corrected chi connectivity index (χ2v) is 4.46. The molecule has 0 saturated heterocycles. The average Bonchev–Trinajstić information content (AvgIpc) is 2.36. The summed E-state index contributed by atoms with van der Waals surface area (Å²) in [5.74, 6) is -1.29. The summed E-state index contributed by atoms with van der Waals surface area (Å²) in [6.07, 6.45) is -4.62. The van der Waals surface area contributed by atoms with Crippen molar-refractivity contribution in [2.24, 2.45) is 0 Å². The van der Waals surface area contributed by atoms with E-state index >= 15 is 0 Å². The molecular formula is C12H12ClF3N2O3. The van der Waals surface area contributed by atoms with Crippen LogP contribution in [-0.2, 0) is 11.0 Å². The topological polar surface area (TPSA) is 78.4 Å². The highest BCUT2D eigenvalue weighted by molar-refractivity contribution is 6.34. The minimum absolute atomic E-state index is 0.0808. The van der Waals surface area contributed by atoms with Crippen molar-refractivity contribution in [1.82, 2.24) is 5.32 Å². The number of carboxylic acids is 1. The lowest BCUT2D eigenvalue weighted by atomic mass is 10.1. The highest BCUT2D eigenvalue weighted by Crippen LogP contribution is 2.38. The summed E-state index contributed by atoms with van der Waals surface area (Å²) in [5.41, 5.74) is -1.74. The maximum Gasteiger partial charge on any atom is 0.418 e. The largest absolute Gasteiger partial charge is 0.480 e. The van der Waals surface area contributed by atoms with Crippen molar-refractivity contribution in [2.45, 2.75) is 25.6 Å². The Morgan fingerprint density at radius 1 is 1.38 bits per heavy atom. The van der Waals surface area contributed by atoms with Gasteiger partial charge >= 0.3 is 18.2 Å². The first-order chi connectivity index (χ1) is 9.66. The summed E-state index contributed by atoms with van der Waals surface area (Å²) in [5, 5.41) is 12.5. The number of carbonyl (C=O) groups excluding carboxylic acids is 1. The van der Waals surface area contributed by atoms with E-state index in [0.29, 0.717) is 0 Å². The third-order valence-corrected chi connectivity index (χ3v) is 2.88. The number of urea groups is 1. The number of carboxylic acid groups (broad SMARTS) is 1. The van der Waals surface area contributed by atoms with Crippen LogP contribution in [0.1, 0.15) is 18.9 Å². The van der Waals surface area contributed by atoms with Gasteiger partial charge in [-0.25, -0.2) is 9.59 Å². The van der Waals surface area contributed by atoms with Crippen molar-refractivity contribution >= 4 is 29.3 Å². The van der Waals surface area contributed by atoms with Crippen LogP contribution in [0.2, 0.25) is 5.02 Å². The van der Waals surface area contributed by atoms with Crippen molar-refractivity contribution < 1.29 is 27.9 Å². The number of carbonyl (C=O) groups is 2. The van der Waals surface area contributed by atoms with Gasteiger partial charge in [-0.2, -0.15) is 13.2 Å². The van der Waals surface area contributed by atoms with E-state index in [4.69, 9.17) is 16.7 Å². The minimum atomic E-state index is -4.70. The predicted molar refractivity (Wildman–Crippen MR) is 70.3 cm³/mol. The average molecular weight is 325 g/mol. The molecule has 1 aromatic carbocycles. The van der Waals surface area contributed by atoms with Crippen molar-refractivity contribution in [1.29, 1.82) is 0 Å². The minimum Gasteiger partial charge on any atom is -0.480 e. The van der Waals surface area contributed by atoms with Crippen LogP contribution in [0, 0.1) is 0 Å². The smallest absolute Gasteiger partial charge is 0.418 e. The van der Waals surface area contributed by atoms with Crippen LogP contribution < -0.4 is 10.6 Å². The summed E-state index contributed by atoms with van der Waals surface area (Å²) in [6, 6.07) is 0.752. The Morgan fingerprint density at radius 2 is 2.00 bits per heavy atom. The molecule has 0 fully saturated rings. The van der Waals surface area contributed by atoms with Gasteiger partial charge in [-0.15, -0.1) is 0 Å². The number of hydrogen-bond donors (Lipinski definition) is 3. The van der Waals surface area contributed by atoms with E-state index in [1.165, 1.54) is 13.0 Å². The Balaban J connectivity index is 2.98. The summed E-state index contributed by atoms with van der Waals surface area (Å²) in [7, 11) is 0. The molecule has 1 rings (SSSR count). The molecule has 21 heavy (non-hydrogen) atoms. The van der Waals surface area contributed by atoms with Crippen LogP contribution in [0.25, 0.3) is 0 Å². The van der Waals surface area contributed by atoms with Crippen LogP contribution in [0.3, 0.4) is 0 Å². The summed E-state index contributed by atoms with van der Waals surface area (Å²) in [4.78, 5) is 22.4. The molecule has 0 bridgehead atoms. The number of aliphatic carboxylic acids is 1. The van der Waals surface area contributed by atoms with E-state index in [2.05, 4.69) is 0 Å². The van der Waals surface area contributed by atoms with Gasteiger partial charge in [0.15, 0.2) is 0 Å². The molecule has 0 aliphatic carbocycles. The zero-order chi connectivity index (χ0) is 16.2.